The highest BCUT2D eigenvalue weighted by Crippen LogP contribution is 2.31. The van der Waals surface area contributed by atoms with Crippen molar-refractivity contribution in [3.8, 4) is 10.7 Å². The van der Waals surface area contributed by atoms with Gasteiger partial charge in [0.25, 0.3) is 0 Å². The van der Waals surface area contributed by atoms with E-state index in [1.807, 2.05) is 53.6 Å². The number of aromatic nitrogens is 4. The summed E-state index contributed by atoms with van der Waals surface area (Å²) < 4.78 is 2.37. The molecule has 0 unspecified atom stereocenters. The maximum Gasteiger partial charge on any atom is 0.245 e. The standard InChI is InChI=1S/C19H22N6OS2/c1-4-11-25-17(22-23-19(25)27)16-13(3)20-18(28-16)21-15(26)12-24(5-2)14-9-7-6-8-10-14/h4,6-10H,1,5,11-12H2,2-3H3,(H,23,27)(H,20,21,26). The number of aromatic amines is 1. The molecule has 2 heterocycles. The zero-order valence-electron chi connectivity index (χ0n) is 15.8. The highest BCUT2D eigenvalue weighted by Gasteiger charge is 2.18. The summed E-state index contributed by atoms with van der Waals surface area (Å²) in [6.07, 6.45) is 1.76. The van der Waals surface area contributed by atoms with Gasteiger partial charge in [0.05, 0.1) is 17.1 Å². The van der Waals surface area contributed by atoms with E-state index >= 15 is 0 Å². The number of rotatable bonds is 8. The zero-order valence-corrected chi connectivity index (χ0v) is 17.4. The number of para-hydroxylation sites is 1. The first-order chi connectivity index (χ1) is 13.5. The first-order valence-corrected chi connectivity index (χ1v) is 10.1. The summed E-state index contributed by atoms with van der Waals surface area (Å²) in [6.45, 7) is 9.20. The van der Waals surface area contributed by atoms with Gasteiger partial charge >= 0.3 is 0 Å². The zero-order chi connectivity index (χ0) is 20.1. The topological polar surface area (TPSA) is 78.8 Å². The van der Waals surface area contributed by atoms with Crippen molar-refractivity contribution >= 4 is 40.3 Å². The second-order valence-electron chi connectivity index (χ2n) is 6.08. The Bertz CT molecular complexity index is 1020. The van der Waals surface area contributed by atoms with Gasteiger partial charge in [0.1, 0.15) is 0 Å². The summed E-state index contributed by atoms with van der Waals surface area (Å²) in [6, 6.07) is 9.86. The van der Waals surface area contributed by atoms with Crippen LogP contribution in [0.2, 0.25) is 0 Å². The van der Waals surface area contributed by atoms with Gasteiger partial charge in [-0.25, -0.2) is 4.98 Å². The molecule has 0 aliphatic heterocycles. The Balaban J connectivity index is 1.76. The van der Waals surface area contributed by atoms with E-state index in [4.69, 9.17) is 12.2 Å². The summed E-state index contributed by atoms with van der Waals surface area (Å²) in [7, 11) is 0. The fourth-order valence-electron chi connectivity index (χ4n) is 2.80. The lowest BCUT2D eigenvalue weighted by molar-refractivity contribution is -0.115. The average molecular weight is 415 g/mol. The molecule has 1 aromatic carbocycles. The van der Waals surface area contributed by atoms with E-state index in [-0.39, 0.29) is 12.5 Å². The van der Waals surface area contributed by atoms with Gasteiger partial charge in [0.15, 0.2) is 15.7 Å². The first-order valence-electron chi connectivity index (χ1n) is 8.87. The SMILES string of the molecule is C=CCn1c(-c2sc(NC(=O)CN(CC)c3ccccc3)nc2C)n[nH]c1=S. The number of hydrogen-bond acceptors (Lipinski definition) is 6. The normalized spacial score (nSPS) is 10.6. The predicted octanol–water partition coefficient (Wildman–Crippen LogP) is 4.02. The number of thiazole rings is 1. The molecule has 146 valence electrons. The number of nitrogens with zero attached hydrogens (tertiary/aromatic N) is 4. The molecule has 7 nitrogen and oxygen atoms in total. The van der Waals surface area contributed by atoms with Crippen LogP contribution in [0.5, 0.6) is 0 Å². The molecular weight excluding hydrogens is 392 g/mol. The third kappa shape index (κ3) is 4.37. The molecule has 3 aromatic rings. The van der Waals surface area contributed by atoms with Crippen molar-refractivity contribution < 1.29 is 4.79 Å². The Kier molecular flexibility index (Phi) is 6.37. The van der Waals surface area contributed by atoms with Gasteiger partial charge < -0.3 is 10.2 Å². The number of likely N-dealkylation sites (N-methyl/N-ethyl adjacent to an activating group) is 1. The molecule has 0 spiro atoms. The van der Waals surface area contributed by atoms with E-state index in [0.717, 1.165) is 22.8 Å². The van der Waals surface area contributed by atoms with Crippen LogP contribution in [0.4, 0.5) is 10.8 Å². The number of anilines is 2. The van der Waals surface area contributed by atoms with Crippen molar-refractivity contribution in [2.75, 3.05) is 23.3 Å². The number of allylic oxidation sites excluding steroid dienone is 1. The summed E-state index contributed by atoms with van der Waals surface area (Å²) in [4.78, 5) is 19.9. The number of carbonyl (C=O) groups excluding carboxylic acids is 1. The molecule has 0 radical (unpaired) electrons. The molecule has 0 atom stereocenters. The van der Waals surface area contributed by atoms with E-state index in [9.17, 15) is 4.79 Å². The molecule has 0 fully saturated rings. The lowest BCUT2D eigenvalue weighted by atomic mass is 10.3. The average Bonchev–Trinajstić information content (AvgIpc) is 3.23. The van der Waals surface area contributed by atoms with Crippen LogP contribution in [0.3, 0.4) is 0 Å². The highest BCUT2D eigenvalue weighted by atomic mass is 32.1. The number of nitrogens with one attached hydrogen (secondary N) is 2. The quantitative estimate of drug-likeness (QED) is 0.430. The molecule has 0 aliphatic rings. The Morgan fingerprint density at radius 1 is 1.43 bits per heavy atom. The van der Waals surface area contributed by atoms with Crippen LogP contribution in [0, 0.1) is 11.7 Å². The molecular formula is C19H22N6OS2. The van der Waals surface area contributed by atoms with E-state index in [0.29, 0.717) is 22.3 Å². The minimum Gasteiger partial charge on any atom is -0.362 e. The number of aryl methyl sites for hydroxylation is 1. The van der Waals surface area contributed by atoms with Crippen LogP contribution in [0.1, 0.15) is 12.6 Å². The van der Waals surface area contributed by atoms with Crippen LogP contribution < -0.4 is 10.2 Å². The summed E-state index contributed by atoms with van der Waals surface area (Å²) in [5.74, 6) is 0.579. The highest BCUT2D eigenvalue weighted by molar-refractivity contribution is 7.71. The molecule has 0 saturated heterocycles. The largest absolute Gasteiger partial charge is 0.362 e. The monoisotopic (exact) mass is 414 g/mol. The van der Waals surface area contributed by atoms with Crippen molar-refractivity contribution in [3.05, 3.63) is 53.5 Å². The maximum absolute atomic E-state index is 12.5. The number of carbonyl (C=O) groups is 1. The fourth-order valence-corrected chi connectivity index (χ4v) is 3.99. The third-order valence-electron chi connectivity index (χ3n) is 4.15. The summed E-state index contributed by atoms with van der Waals surface area (Å²) in [5, 5.41) is 10.6. The van der Waals surface area contributed by atoms with Gasteiger partial charge in [-0.15, -0.1) is 6.58 Å². The van der Waals surface area contributed by atoms with Crippen LogP contribution in [-0.2, 0) is 11.3 Å². The third-order valence-corrected chi connectivity index (χ3v) is 5.53. The molecule has 0 aliphatic carbocycles. The van der Waals surface area contributed by atoms with E-state index < -0.39 is 0 Å². The molecule has 3 rings (SSSR count). The van der Waals surface area contributed by atoms with Gasteiger partial charge in [0, 0.05) is 18.8 Å². The van der Waals surface area contributed by atoms with Gasteiger partial charge in [-0.05, 0) is 38.2 Å². The second kappa shape index (κ2) is 8.94. The lowest BCUT2D eigenvalue weighted by Crippen LogP contribution is -2.33. The van der Waals surface area contributed by atoms with E-state index in [1.54, 1.807) is 6.08 Å². The minimum atomic E-state index is -0.115. The molecule has 2 aromatic heterocycles. The Labute approximate surface area is 172 Å². The molecule has 1 amide bonds. The van der Waals surface area contributed by atoms with E-state index in [1.165, 1.54) is 11.3 Å². The Morgan fingerprint density at radius 3 is 2.86 bits per heavy atom. The first kappa shape index (κ1) is 20.0. The van der Waals surface area contributed by atoms with Crippen LogP contribution in [0.25, 0.3) is 10.7 Å². The van der Waals surface area contributed by atoms with Gasteiger partial charge in [-0.2, -0.15) is 5.10 Å². The number of benzene rings is 1. The summed E-state index contributed by atoms with van der Waals surface area (Å²) in [5.41, 5.74) is 1.80. The van der Waals surface area contributed by atoms with E-state index in [2.05, 4.69) is 27.1 Å². The van der Waals surface area contributed by atoms with Crippen LogP contribution in [-0.4, -0.2) is 38.7 Å². The summed E-state index contributed by atoms with van der Waals surface area (Å²) >= 11 is 6.65. The fraction of sp³-hybridized carbons (Fsp3) is 0.263. The molecule has 9 heteroatoms. The molecule has 2 N–H and O–H groups in total. The molecule has 0 saturated carbocycles. The van der Waals surface area contributed by atoms with Crippen molar-refractivity contribution in [2.24, 2.45) is 0 Å². The Hall–Kier alpha value is -2.78. The van der Waals surface area contributed by atoms with Crippen molar-refractivity contribution in [1.82, 2.24) is 19.7 Å². The predicted molar refractivity (Wildman–Crippen MR) is 116 cm³/mol. The molecule has 28 heavy (non-hydrogen) atoms. The molecule has 0 bridgehead atoms. The smallest absolute Gasteiger partial charge is 0.245 e. The maximum atomic E-state index is 12.5. The lowest BCUT2D eigenvalue weighted by Gasteiger charge is -2.21. The van der Waals surface area contributed by atoms with Crippen LogP contribution in [0.15, 0.2) is 43.0 Å². The number of H-pyrrole nitrogens is 1. The van der Waals surface area contributed by atoms with Crippen molar-refractivity contribution in [1.29, 1.82) is 0 Å². The van der Waals surface area contributed by atoms with Gasteiger partial charge in [-0.3, -0.25) is 14.5 Å². The van der Waals surface area contributed by atoms with Gasteiger partial charge in [0.2, 0.25) is 5.91 Å². The number of amides is 1. The van der Waals surface area contributed by atoms with Gasteiger partial charge in [-0.1, -0.05) is 35.6 Å². The second-order valence-corrected chi connectivity index (χ2v) is 7.47. The van der Waals surface area contributed by atoms with Crippen molar-refractivity contribution in [2.45, 2.75) is 20.4 Å². The van der Waals surface area contributed by atoms with Crippen molar-refractivity contribution in [3.63, 3.8) is 0 Å². The Morgan fingerprint density at radius 2 is 2.18 bits per heavy atom. The minimum absolute atomic E-state index is 0.115. The number of hydrogen-bond donors (Lipinski definition) is 2. The van der Waals surface area contributed by atoms with Crippen LogP contribution >= 0.6 is 23.6 Å².